The van der Waals surface area contributed by atoms with Crippen molar-refractivity contribution < 1.29 is 19.0 Å². The minimum absolute atomic E-state index is 0.166. The van der Waals surface area contributed by atoms with Gasteiger partial charge in [-0.15, -0.1) is 0 Å². The lowest BCUT2D eigenvalue weighted by Crippen LogP contribution is -2.41. The Kier molecular flexibility index (Phi) is 6.83. The summed E-state index contributed by atoms with van der Waals surface area (Å²) in [4.78, 5) is 14.9. The van der Waals surface area contributed by atoms with Crippen LogP contribution in [0.15, 0.2) is 48.5 Å². The largest absolute Gasteiger partial charge is 0.457 e. The molecule has 1 fully saturated rings. The number of ether oxygens (including phenoxy) is 3. The number of halogens is 2. The van der Waals surface area contributed by atoms with Gasteiger partial charge in [0.2, 0.25) is 0 Å². The zero-order chi connectivity index (χ0) is 19.2. The summed E-state index contributed by atoms with van der Waals surface area (Å²) in [5.41, 5.74) is 0. The summed E-state index contributed by atoms with van der Waals surface area (Å²) in [6.07, 6.45) is 0.0608. The first-order valence-corrected chi connectivity index (χ1v) is 9.50. The smallest absolute Gasteiger partial charge is 0.389 e. The number of benzene rings is 2. The van der Waals surface area contributed by atoms with Crippen LogP contribution < -0.4 is 9.47 Å². The molecule has 1 aliphatic rings. The molecule has 0 saturated carbocycles. The van der Waals surface area contributed by atoms with E-state index in [4.69, 9.17) is 37.4 Å². The van der Waals surface area contributed by atoms with Crippen LogP contribution in [-0.4, -0.2) is 43.4 Å². The quantitative estimate of drug-likeness (QED) is 0.522. The standard InChI is InChI=1S/C20H21Cl2NO4/c1-23-12-10-14(11-13-23)25-19(24)20(26-17-8-4-2-6-15(17)21)27-18-9-5-3-7-16(18)22/h2-9,14,20H,10-13H2,1H3. The number of rotatable bonds is 6. The highest BCUT2D eigenvalue weighted by Crippen LogP contribution is 2.28. The normalized spacial score (nSPS) is 15.6. The van der Waals surface area contributed by atoms with Crippen molar-refractivity contribution in [2.75, 3.05) is 20.1 Å². The Morgan fingerprint density at radius 3 is 1.93 bits per heavy atom. The highest BCUT2D eigenvalue weighted by atomic mass is 35.5. The predicted molar refractivity (Wildman–Crippen MR) is 105 cm³/mol. The number of carbonyl (C=O) groups is 1. The maximum absolute atomic E-state index is 12.8. The van der Waals surface area contributed by atoms with Crippen LogP contribution in [0, 0.1) is 0 Å². The molecule has 0 N–H and O–H groups in total. The second kappa shape index (κ2) is 9.31. The van der Waals surface area contributed by atoms with Gasteiger partial charge in [-0.25, -0.2) is 4.79 Å². The van der Waals surface area contributed by atoms with Crippen LogP contribution in [0.2, 0.25) is 10.0 Å². The van der Waals surface area contributed by atoms with Crippen molar-refractivity contribution >= 4 is 29.2 Å². The van der Waals surface area contributed by atoms with E-state index in [1.165, 1.54) is 0 Å². The van der Waals surface area contributed by atoms with Gasteiger partial charge in [-0.1, -0.05) is 47.5 Å². The zero-order valence-corrected chi connectivity index (χ0v) is 16.4. The Morgan fingerprint density at radius 1 is 0.963 bits per heavy atom. The Labute approximate surface area is 168 Å². The van der Waals surface area contributed by atoms with Gasteiger partial charge in [0, 0.05) is 13.1 Å². The molecule has 2 aromatic carbocycles. The van der Waals surface area contributed by atoms with E-state index in [1.807, 2.05) is 7.05 Å². The first-order valence-electron chi connectivity index (χ1n) is 8.74. The summed E-state index contributed by atoms with van der Waals surface area (Å²) < 4.78 is 17.1. The summed E-state index contributed by atoms with van der Waals surface area (Å²) in [7, 11) is 2.04. The van der Waals surface area contributed by atoms with Gasteiger partial charge >= 0.3 is 12.3 Å². The van der Waals surface area contributed by atoms with Crippen molar-refractivity contribution in [2.45, 2.75) is 25.2 Å². The summed E-state index contributed by atoms with van der Waals surface area (Å²) in [5, 5.41) is 0.745. The number of hydrogen-bond donors (Lipinski definition) is 0. The Morgan fingerprint density at radius 2 is 1.44 bits per heavy atom. The first kappa shape index (κ1) is 19.8. The van der Waals surface area contributed by atoms with Gasteiger partial charge in [-0.2, -0.15) is 0 Å². The molecule has 1 heterocycles. The lowest BCUT2D eigenvalue weighted by Gasteiger charge is -2.29. The number of carbonyl (C=O) groups excluding carboxylic acids is 1. The van der Waals surface area contributed by atoms with E-state index in [9.17, 15) is 4.79 Å². The summed E-state index contributed by atoms with van der Waals surface area (Å²) in [6.45, 7) is 1.75. The molecular formula is C20H21Cl2NO4. The number of para-hydroxylation sites is 2. The maximum Gasteiger partial charge on any atom is 0.389 e. The molecule has 3 rings (SSSR count). The molecule has 0 aromatic heterocycles. The molecule has 144 valence electrons. The number of likely N-dealkylation sites (tertiary alicyclic amines) is 1. The molecule has 2 aromatic rings. The van der Waals surface area contributed by atoms with Gasteiger partial charge in [0.05, 0.1) is 10.0 Å². The van der Waals surface area contributed by atoms with Crippen molar-refractivity contribution in [3.05, 3.63) is 58.6 Å². The zero-order valence-electron chi connectivity index (χ0n) is 14.9. The Balaban J connectivity index is 1.75. The van der Waals surface area contributed by atoms with Crippen molar-refractivity contribution in [1.29, 1.82) is 0 Å². The van der Waals surface area contributed by atoms with E-state index in [-0.39, 0.29) is 6.10 Å². The number of piperidine rings is 1. The minimum atomic E-state index is -1.32. The summed E-state index contributed by atoms with van der Waals surface area (Å²) >= 11 is 12.3. The highest BCUT2D eigenvalue weighted by Gasteiger charge is 2.30. The van der Waals surface area contributed by atoms with E-state index >= 15 is 0 Å². The molecule has 1 aliphatic heterocycles. The molecule has 1 saturated heterocycles. The van der Waals surface area contributed by atoms with Crippen molar-refractivity contribution in [3.8, 4) is 11.5 Å². The van der Waals surface area contributed by atoms with Crippen LogP contribution in [0.4, 0.5) is 0 Å². The molecule has 0 atom stereocenters. The fourth-order valence-corrected chi connectivity index (χ4v) is 3.11. The van der Waals surface area contributed by atoms with Gasteiger partial charge in [0.25, 0.3) is 0 Å². The van der Waals surface area contributed by atoms with E-state index in [2.05, 4.69) is 4.90 Å². The second-order valence-corrected chi connectivity index (χ2v) is 7.18. The SMILES string of the molecule is CN1CCC(OC(=O)C(Oc2ccccc2Cl)Oc2ccccc2Cl)CC1. The van der Waals surface area contributed by atoms with Crippen LogP contribution in [0.3, 0.4) is 0 Å². The first-order chi connectivity index (χ1) is 13.0. The van der Waals surface area contributed by atoms with E-state index < -0.39 is 12.3 Å². The molecule has 5 nitrogen and oxygen atoms in total. The van der Waals surface area contributed by atoms with Gasteiger partial charge < -0.3 is 19.1 Å². The lowest BCUT2D eigenvalue weighted by molar-refractivity contribution is -0.173. The predicted octanol–water partition coefficient (Wildman–Crippen LogP) is 4.41. The van der Waals surface area contributed by atoms with Crippen LogP contribution >= 0.6 is 23.2 Å². The Hall–Kier alpha value is -1.95. The topological polar surface area (TPSA) is 48.0 Å². The lowest BCUT2D eigenvalue weighted by atomic mass is 10.1. The Bertz CT molecular complexity index is 731. The molecule has 0 spiro atoms. The summed E-state index contributed by atoms with van der Waals surface area (Å²) in [6, 6.07) is 13.7. The highest BCUT2D eigenvalue weighted by molar-refractivity contribution is 6.32. The van der Waals surface area contributed by atoms with Crippen molar-refractivity contribution in [2.24, 2.45) is 0 Å². The molecule has 0 amide bonds. The van der Waals surface area contributed by atoms with E-state index in [0.717, 1.165) is 25.9 Å². The molecule has 0 radical (unpaired) electrons. The van der Waals surface area contributed by atoms with Crippen LogP contribution in [0.1, 0.15) is 12.8 Å². The van der Waals surface area contributed by atoms with Crippen LogP contribution in [0.5, 0.6) is 11.5 Å². The second-order valence-electron chi connectivity index (χ2n) is 6.37. The third kappa shape index (κ3) is 5.51. The van der Waals surface area contributed by atoms with Crippen molar-refractivity contribution in [3.63, 3.8) is 0 Å². The van der Waals surface area contributed by atoms with Gasteiger partial charge in [-0.3, -0.25) is 0 Å². The maximum atomic E-state index is 12.8. The van der Waals surface area contributed by atoms with Crippen LogP contribution in [-0.2, 0) is 9.53 Å². The molecule has 0 unspecified atom stereocenters. The third-order valence-electron chi connectivity index (χ3n) is 4.28. The van der Waals surface area contributed by atoms with Crippen molar-refractivity contribution in [1.82, 2.24) is 4.90 Å². The number of hydrogen-bond acceptors (Lipinski definition) is 5. The van der Waals surface area contributed by atoms with Crippen LogP contribution in [0.25, 0.3) is 0 Å². The van der Waals surface area contributed by atoms with E-state index in [0.29, 0.717) is 21.5 Å². The minimum Gasteiger partial charge on any atom is -0.457 e. The third-order valence-corrected chi connectivity index (χ3v) is 4.91. The fourth-order valence-electron chi connectivity index (χ4n) is 2.75. The summed E-state index contributed by atoms with van der Waals surface area (Å²) in [5.74, 6) is 0.0532. The average Bonchev–Trinajstić information content (AvgIpc) is 2.66. The van der Waals surface area contributed by atoms with Gasteiger partial charge in [0.1, 0.15) is 17.6 Å². The van der Waals surface area contributed by atoms with Gasteiger partial charge in [0.15, 0.2) is 0 Å². The monoisotopic (exact) mass is 409 g/mol. The number of esters is 1. The number of nitrogens with zero attached hydrogens (tertiary/aromatic N) is 1. The molecule has 0 aliphatic carbocycles. The molecule has 27 heavy (non-hydrogen) atoms. The molecule has 0 bridgehead atoms. The van der Waals surface area contributed by atoms with E-state index in [1.54, 1.807) is 48.5 Å². The molecular weight excluding hydrogens is 389 g/mol. The van der Waals surface area contributed by atoms with Gasteiger partial charge in [-0.05, 0) is 44.2 Å². The molecule has 7 heteroatoms. The fraction of sp³-hybridized carbons (Fsp3) is 0.350. The average molecular weight is 410 g/mol.